The van der Waals surface area contributed by atoms with Crippen molar-refractivity contribution in [2.45, 2.75) is 13.3 Å². The summed E-state index contributed by atoms with van der Waals surface area (Å²) >= 11 is 1.79. The molecule has 1 aromatic carbocycles. The third-order valence-corrected chi connectivity index (χ3v) is 3.15. The molecule has 0 aliphatic carbocycles. The zero-order valence-electron chi connectivity index (χ0n) is 8.32. The third kappa shape index (κ3) is 2.14. The van der Waals surface area contributed by atoms with Gasteiger partial charge in [-0.05, 0) is 41.8 Å². The van der Waals surface area contributed by atoms with E-state index in [9.17, 15) is 0 Å². The van der Waals surface area contributed by atoms with Crippen LogP contribution in [0.2, 0.25) is 0 Å². The fourth-order valence-electron chi connectivity index (χ4n) is 1.51. The first-order valence-corrected chi connectivity index (χ1v) is 5.82. The molecular formula is C12H14OS. The van der Waals surface area contributed by atoms with Gasteiger partial charge >= 0.3 is 0 Å². The molecule has 1 aromatic heterocycles. The SMILES string of the molecule is CCOCCc1ccc2sccc2c1. The summed E-state index contributed by atoms with van der Waals surface area (Å²) in [6.07, 6.45) is 1.01. The van der Waals surface area contributed by atoms with Crippen molar-refractivity contribution >= 4 is 21.4 Å². The second-order valence-corrected chi connectivity index (χ2v) is 4.19. The van der Waals surface area contributed by atoms with Crippen molar-refractivity contribution in [2.24, 2.45) is 0 Å². The zero-order chi connectivity index (χ0) is 9.80. The zero-order valence-corrected chi connectivity index (χ0v) is 9.14. The van der Waals surface area contributed by atoms with E-state index < -0.39 is 0 Å². The lowest BCUT2D eigenvalue weighted by Gasteiger charge is -2.01. The Morgan fingerprint density at radius 3 is 3.07 bits per heavy atom. The molecule has 0 N–H and O–H groups in total. The summed E-state index contributed by atoms with van der Waals surface area (Å²) in [5.41, 5.74) is 1.37. The van der Waals surface area contributed by atoms with Crippen molar-refractivity contribution in [2.75, 3.05) is 13.2 Å². The summed E-state index contributed by atoms with van der Waals surface area (Å²) in [6, 6.07) is 8.81. The van der Waals surface area contributed by atoms with E-state index in [-0.39, 0.29) is 0 Å². The van der Waals surface area contributed by atoms with Crippen LogP contribution in [0.4, 0.5) is 0 Å². The Bertz CT molecular complexity index is 405. The second kappa shape index (κ2) is 4.58. The number of thiophene rings is 1. The lowest BCUT2D eigenvalue weighted by molar-refractivity contribution is 0.151. The van der Waals surface area contributed by atoms with Gasteiger partial charge < -0.3 is 4.74 Å². The number of hydrogen-bond acceptors (Lipinski definition) is 2. The highest BCUT2D eigenvalue weighted by Gasteiger charge is 1.97. The minimum absolute atomic E-state index is 0.806. The smallest absolute Gasteiger partial charge is 0.0506 e. The highest BCUT2D eigenvalue weighted by molar-refractivity contribution is 7.17. The molecule has 0 bridgehead atoms. The van der Waals surface area contributed by atoms with Gasteiger partial charge in [0.25, 0.3) is 0 Å². The minimum atomic E-state index is 0.806. The topological polar surface area (TPSA) is 9.23 Å². The summed E-state index contributed by atoms with van der Waals surface area (Å²) in [6.45, 7) is 3.66. The molecule has 74 valence electrons. The number of ether oxygens (including phenoxy) is 1. The highest BCUT2D eigenvalue weighted by atomic mass is 32.1. The van der Waals surface area contributed by atoms with E-state index in [1.807, 2.05) is 6.92 Å². The van der Waals surface area contributed by atoms with E-state index in [2.05, 4.69) is 29.6 Å². The van der Waals surface area contributed by atoms with Crippen LogP contribution in [-0.2, 0) is 11.2 Å². The van der Waals surface area contributed by atoms with E-state index in [1.165, 1.54) is 15.6 Å². The summed E-state index contributed by atoms with van der Waals surface area (Å²) in [5.74, 6) is 0. The van der Waals surface area contributed by atoms with Crippen LogP contribution in [-0.4, -0.2) is 13.2 Å². The first-order valence-electron chi connectivity index (χ1n) is 4.94. The molecule has 1 heterocycles. The van der Waals surface area contributed by atoms with E-state index in [0.717, 1.165) is 19.6 Å². The maximum absolute atomic E-state index is 5.33. The molecule has 0 spiro atoms. The highest BCUT2D eigenvalue weighted by Crippen LogP contribution is 2.21. The van der Waals surface area contributed by atoms with Crippen molar-refractivity contribution in [3.63, 3.8) is 0 Å². The minimum Gasteiger partial charge on any atom is -0.381 e. The first kappa shape index (κ1) is 9.69. The monoisotopic (exact) mass is 206 g/mol. The van der Waals surface area contributed by atoms with Gasteiger partial charge in [-0.25, -0.2) is 0 Å². The van der Waals surface area contributed by atoms with Crippen LogP contribution in [0.3, 0.4) is 0 Å². The Balaban J connectivity index is 2.10. The molecule has 0 saturated carbocycles. The van der Waals surface area contributed by atoms with Crippen LogP contribution in [0, 0.1) is 0 Å². The molecular weight excluding hydrogens is 192 g/mol. The van der Waals surface area contributed by atoms with Crippen LogP contribution in [0.5, 0.6) is 0 Å². The van der Waals surface area contributed by atoms with Crippen molar-refractivity contribution in [1.29, 1.82) is 0 Å². The number of rotatable bonds is 4. The number of hydrogen-bond donors (Lipinski definition) is 0. The van der Waals surface area contributed by atoms with Gasteiger partial charge in [0.05, 0.1) is 6.61 Å². The van der Waals surface area contributed by atoms with Gasteiger partial charge in [0.2, 0.25) is 0 Å². The van der Waals surface area contributed by atoms with Crippen LogP contribution in [0.1, 0.15) is 12.5 Å². The lowest BCUT2D eigenvalue weighted by atomic mass is 10.1. The molecule has 0 radical (unpaired) electrons. The molecule has 2 rings (SSSR count). The van der Waals surface area contributed by atoms with Crippen molar-refractivity contribution in [3.05, 3.63) is 35.2 Å². The maximum atomic E-state index is 5.33. The van der Waals surface area contributed by atoms with Crippen LogP contribution in [0.25, 0.3) is 10.1 Å². The van der Waals surface area contributed by atoms with Gasteiger partial charge in [0.1, 0.15) is 0 Å². The first-order chi connectivity index (χ1) is 6.90. The normalized spacial score (nSPS) is 10.9. The fraction of sp³-hybridized carbons (Fsp3) is 0.333. The van der Waals surface area contributed by atoms with Gasteiger partial charge in [-0.2, -0.15) is 0 Å². The summed E-state index contributed by atoms with van der Waals surface area (Å²) in [5, 5.41) is 3.49. The number of fused-ring (bicyclic) bond motifs is 1. The van der Waals surface area contributed by atoms with E-state index in [1.54, 1.807) is 11.3 Å². The Hall–Kier alpha value is -0.860. The van der Waals surface area contributed by atoms with Gasteiger partial charge in [-0.3, -0.25) is 0 Å². The summed E-state index contributed by atoms with van der Waals surface area (Å²) in [4.78, 5) is 0. The molecule has 0 aliphatic heterocycles. The van der Waals surface area contributed by atoms with Crippen LogP contribution in [0.15, 0.2) is 29.6 Å². The molecule has 0 unspecified atom stereocenters. The molecule has 2 aromatic rings. The molecule has 0 fully saturated rings. The predicted molar refractivity (Wildman–Crippen MR) is 62.0 cm³/mol. The quantitative estimate of drug-likeness (QED) is 0.696. The molecule has 2 heteroatoms. The second-order valence-electron chi connectivity index (χ2n) is 3.24. The third-order valence-electron chi connectivity index (χ3n) is 2.26. The Morgan fingerprint density at radius 2 is 2.21 bits per heavy atom. The standard InChI is InChI=1S/C12H14OS/c1-2-13-7-5-10-3-4-12-11(9-10)6-8-14-12/h3-4,6,8-9H,2,5,7H2,1H3. The Labute approximate surface area is 88.3 Å². The predicted octanol–water partition coefficient (Wildman–Crippen LogP) is 3.48. The molecule has 0 amide bonds. The van der Waals surface area contributed by atoms with Crippen molar-refractivity contribution in [1.82, 2.24) is 0 Å². The Kier molecular flexibility index (Phi) is 3.17. The summed E-state index contributed by atoms with van der Waals surface area (Å²) in [7, 11) is 0. The van der Waals surface area contributed by atoms with Crippen LogP contribution < -0.4 is 0 Å². The average Bonchev–Trinajstić information content (AvgIpc) is 2.65. The Morgan fingerprint density at radius 1 is 1.29 bits per heavy atom. The largest absolute Gasteiger partial charge is 0.381 e. The van der Waals surface area contributed by atoms with Crippen LogP contribution >= 0.6 is 11.3 Å². The number of benzene rings is 1. The molecule has 0 atom stereocenters. The lowest BCUT2D eigenvalue weighted by Crippen LogP contribution is -1.97. The van der Waals surface area contributed by atoms with Gasteiger partial charge in [-0.15, -0.1) is 11.3 Å². The van der Waals surface area contributed by atoms with Gasteiger partial charge in [-0.1, -0.05) is 12.1 Å². The van der Waals surface area contributed by atoms with E-state index in [0.29, 0.717) is 0 Å². The van der Waals surface area contributed by atoms with E-state index in [4.69, 9.17) is 4.74 Å². The molecule has 0 aliphatic rings. The van der Waals surface area contributed by atoms with Crippen molar-refractivity contribution in [3.8, 4) is 0 Å². The summed E-state index contributed by atoms with van der Waals surface area (Å²) < 4.78 is 6.70. The fourth-order valence-corrected chi connectivity index (χ4v) is 2.28. The maximum Gasteiger partial charge on any atom is 0.0506 e. The van der Waals surface area contributed by atoms with E-state index >= 15 is 0 Å². The van der Waals surface area contributed by atoms with Crippen molar-refractivity contribution < 1.29 is 4.74 Å². The molecule has 0 saturated heterocycles. The molecule has 1 nitrogen and oxygen atoms in total. The molecule has 14 heavy (non-hydrogen) atoms. The average molecular weight is 206 g/mol. The van der Waals surface area contributed by atoms with Gasteiger partial charge in [0.15, 0.2) is 0 Å². The van der Waals surface area contributed by atoms with Gasteiger partial charge in [0, 0.05) is 11.3 Å².